The molecule has 3 rings (SSSR count). The lowest BCUT2D eigenvalue weighted by Crippen LogP contribution is -1.77. The van der Waals surface area contributed by atoms with Crippen molar-refractivity contribution in [3.63, 3.8) is 0 Å². The average Bonchev–Trinajstić information content (AvgIpc) is 2.94. The van der Waals surface area contributed by atoms with Gasteiger partial charge in [-0.3, -0.25) is 0 Å². The van der Waals surface area contributed by atoms with Gasteiger partial charge in [0, 0.05) is 5.36 Å². The number of fused-ring (bicyclic) bond motifs is 1. The second-order valence-corrected chi connectivity index (χ2v) is 3.09. The van der Waals surface area contributed by atoms with Crippen molar-refractivity contribution in [2.24, 2.45) is 0 Å². The molecule has 0 fully saturated rings. The number of para-hydroxylation sites is 2. The van der Waals surface area contributed by atoms with Crippen LogP contribution in [0.25, 0.3) is 22.6 Å². The highest BCUT2D eigenvalue weighted by atomic mass is 32.1. The topological polar surface area (TPSA) is 41.6 Å². The van der Waals surface area contributed by atoms with E-state index in [9.17, 15) is 0 Å². The van der Waals surface area contributed by atoms with Crippen LogP contribution in [-0.2, 0) is 0 Å². The van der Waals surface area contributed by atoms with E-state index >= 15 is 0 Å². The van der Waals surface area contributed by atoms with Gasteiger partial charge in [0.15, 0.2) is 7.24 Å². The molecule has 0 bridgehead atoms. The maximum absolute atomic E-state index is 7.99. The van der Waals surface area contributed by atoms with Crippen LogP contribution in [0.5, 0.6) is 0 Å². The Morgan fingerprint density at radius 1 is 1.43 bits per heavy atom. The molecule has 0 spiro atoms. The van der Waals surface area contributed by atoms with E-state index in [-0.39, 0.29) is 45.5 Å². The molecular formula is C10H7N3S. The highest BCUT2D eigenvalue weighted by molar-refractivity contribution is 7.07. The molecule has 0 aliphatic rings. The maximum atomic E-state index is 7.99. The molecule has 4 heteroatoms. The smallest absolute Gasteiger partial charge is 0.168 e. The summed E-state index contributed by atoms with van der Waals surface area (Å²) in [4.78, 5) is 8.58. The van der Waals surface area contributed by atoms with Crippen LogP contribution < -0.4 is 0 Å². The van der Waals surface area contributed by atoms with Crippen molar-refractivity contribution in [3.05, 3.63) is 35.0 Å². The zero-order valence-electron chi connectivity index (χ0n) is 13.7. The third-order valence-electron chi connectivity index (χ3n) is 1.65. The fraction of sp³-hybridized carbons (Fsp3) is 0. The summed E-state index contributed by atoms with van der Waals surface area (Å²) in [7, 11) is 0. The Labute approximate surface area is 94.4 Å². The summed E-state index contributed by atoms with van der Waals surface area (Å²) in [6.07, 6.45) is 0. The zero-order valence-corrected chi connectivity index (χ0v) is 7.57. The Hall–Kier alpha value is -1.68. The molecule has 2 aromatic heterocycles. The van der Waals surface area contributed by atoms with E-state index in [1.54, 1.807) is 0 Å². The molecule has 3 nitrogen and oxygen atoms in total. The zero-order chi connectivity index (χ0) is 15.5. The highest BCUT2D eigenvalue weighted by Gasteiger charge is 2.05. The largest absolute Gasteiger partial charge is 0.337 e. The minimum Gasteiger partial charge on any atom is -0.337 e. The molecule has 3 aromatic rings. The number of hydrogen-bond donors (Lipinski definition) is 1. The van der Waals surface area contributed by atoms with Crippen LogP contribution in [0.15, 0.2) is 35.0 Å². The standard InChI is InChI=1S/C10H7N3S/c1-2-4-8-7(3-1)12-10(13-8)9-5-14-6-11-9/h1-6H,(H,12,13)/i1D,2D,3D,4D,5D,6D/hD. The van der Waals surface area contributed by atoms with Crippen LogP contribution in [0.1, 0.15) is 8.22 Å². The number of rotatable bonds is 1. The Morgan fingerprint density at radius 3 is 3.21 bits per heavy atom. The van der Waals surface area contributed by atoms with Crippen LogP contribution in [0.3, 0.4) is 0 Å². The van der Waals surface area contributed by atoms with Crippen molar-refractivity contribution in [1.82, 2.24) is 14.9 Å². The van der Waals surface area contributed by atoms with Gasteiger partial charge in [0.25, 0.3) is 0 Å². The van der Waals surface area contributed by atoms with Gasteiger partial charge in [-0.1, -0.05) is 12.1 Å². The van der Waals surface area contributed by atoms with Gasteiger partial charge in [0.05, 0.1) is 24.7 Å². The van der Waals surface area contributed by atoms with Crippen molar-refractivity contribution >= 4 is 22.4 Å². The van der Waals surface area contributed by atoms with Crippen LogP contribution in [0.2, 0.25) is 1.41 Å². The first-order chi connectivity index (χ1) is 9.82. The van der Waals surface area contributed by atoms with Crippen molar-refractivity contribution in [2.75, 3.05) is 0 Å². The summed E-state index contributed by atoms with van der Waals surface area (Å²) in [6.45, 7) is 0. The van der Waals surface area contributed by atoms with Crippen molar-refractivity contribution in [2.45, 2.75) is 0 Å². The monoisotopic (exact) mass is 208 g/mol. The molecule has 1 N–H and O–H groups in total. The van der Waals surface area contributed by atoms with E-state index in [0.29, 0.717) is 0 Å². The van der Waals surface area contributed by atoms with Crippen LogP contribution in [-0.4, -0.2) is 14.9 Å². The normalized spacial score (nSPS) is 17.9. The van der Waals surface area contributed by atoms with Gasteiger partial charge >= 0.3 is 0 Å². The molecule has 0 radical (unpaired) electrons. The van der Waals surface area contributed by atoms with E-state index in [2.05, 4.69) is 9.97 Å². The number of thiazole rings is 1. The maximum Gasteiger partial charge on any atom is 0.168 e. The number of imidazole rings is 1. The van der Waals surface area contributed by atoms with Gasteiger partial charge in [-0.05, 0) is 12.1 Å². The molecule has 1 aromatic carbocycles. The number of nitrogens with one attached hydrogen (secondary N) is 1. The number of benzene rings is 1. The second-order valence-electron chi connectivity index (χ2n) is 2.50. The number of H-pyrrole nitrogens is 1. The minimum absolute atomic E-state index is 0.0214. The Balaban J connectivity index is 2.43. The second kappa shape index (κ2) is 2.92. The lowest BCUT2D eigenvalue weighted by molar-refractivity contribution is 1.27. The lowest BCUT2D eigenvalue weighted by Gasteiger charge is -1.84. The first kappa shape index (κ1) is 3.47. The Kier molecular flexibility index (Phi) is 0.724. The summed E-state index contributed by atoms with van der Waals surface area (Å²) in [5.74, 6) is -0.0725. The molecule has 0 aliphatic carbocycles. The fourth-order valence-corrected chi connectivity index (χ4v) is 1.48. The van der Waals surface area contributed by atoms with E-state index in [1.807, 2.05) is 0 Å². The molecule has 0 atom stereocenters. The molecule has 0 saturated carbocycles. The quantitative estimate of drug-likeness (QED) is 0.668. The molecule has 68 valence electrons. The van der Waals surface area contributed by atoms with E-state index < -0.39 is 12.1 Å². The number of aromatic amines is 1. The first-order valence-electron chi connectivity index (χ1n) is 7.20. The lowest BCUT2D eigenvalue weighted by atomic mass is 10.3. The van der Waals surface area contributed by atoms with Gasteiger partial charge in [-0.2, -0.15) is 0 Å². The van der Waals surface area contributed by atoms with Gasteiger partial charge < -0.3 is 4.98 Å². The summed E-state index contributed by atoms with van der Waals surface area (Å²) in [5, 5.41) is -0.0425. The minimum atomic E-state index is -0.446. The predicted octanol–water partition coefficient (Wildman–Crippen LogP) is 2.69. The summed E-state index contributed by atoms with van der Waals surface area (Å²) < 4.78 is 54.0. The SMILES string of the molecule is [2H]c1nc(-c2nc3c([2H])c([2H])c([2H])c([2H])c3n2[2H])c([2H])s1. The Bertz CT molecular complexity index is 885. The van der Waals surface area contributed by atoms with Gasteiger partial charge in [0.2, 0.25) is 0 Å². The molecule has 0 saturated heterocycles. The number of nitrogens with zero attached hydrogens (tertiary/aromatic N) is 2. The van der Waals surface area contributed by atoms with Crippen molar-refractivity contribution in [3.8, 4) is 11.5 Å². The van der Waals surface area contributed by atoms with Crippen LogP contribution >= 0.6 is 11.3 Å². The molecule has 0 aliphatic heterocycles. The van der Waals surface area contributed by atoms with Crippen LogP contribution in [0.4, 0.5) is 0 Å². The molecule has 0 unspecified atom stereocenters. The van der Waals surface area contributed by atoms with E-state index in [0.717, 1.165) is 16.3 Å². The number of aromatic nitrogens is 3. The first-order valence-corrected chi connectivity index (χ1v) is 4.57. The fourth-order valence-electron chi connectivity index (χ4n) is 1.06. The van der Waals surface area contributed by atoms with Crippen molar-refractivity contribution < 1.29 is 9.64 Å². The van der Waals surface area contributed by atoms with Gasteiger partial charge in [0.1, 0.15) is 5.69 Å². The van der Waals surface area contributed by atoms with E-state index in [1.165, 1.54) is 0 Å². The predicted molar refractivity (Wildman–Crippen MR) is 57.2 cm³/mol. The molecule has 2 heterocycles. The summed E-state index contributed by atoms with van der Waals surface area (Å²) >= 11 is 0.815. The third kappa shape index (κ3) is 1.12. The average molecular weight is 208 g/mol. The Morgan fingerprint density at radius 2 is 2.36 bits per heavy atom. The highest BCUT2D eigenvalue weighted by Crippen LogP contribution is 2.19. The van der Waals surface area contributed by atoms with Gasteiger partial charge in [-0.25, -0.2) is 9.97 Å². The molecule has 0 amide bonds. The third-order valence-corrected chi connectivity index (χ3v) is 2.12. The molecular weight excluding hydrogens is 194 g/mol. The molecule has 14 heavy (non-hydrogen) atoms. The van der Waals surface area contributed by atoms with Crippen LogP contribution in [0, 0.1) is 0 Å². The number of hydrogen-bond acceptors (Lipinski definition) is 3. The van der Waals surface area contributed by atoms with E-state index in [4.69, 9.17) is 9.64 Å². The van der Waals surface area contributed by atoms with Gasteiger partial charge in [-0.15, -0.1) is 11.3 Å². The summed E-state index contributed by atoms with van der Waals surface area (Å²) in [5.41, 5.74) is -0.200. The van der Waals surface area contributed by atoms with Crippen molar-refractivity contribution in [1.29, 1.82) is 0 Å². The summed E-state index contributed by atoms with van der Waals surface area (Å²) in [6, 6.07) is -1.58.